The highest BCUT2D eigenvalue weighted by Crippen LogP contribution is 2.29. The van der Waals surface area contributed by atoms with E-state index >= 15 is 0 Å². The van der Waals surface area contributed by atoms with E-state index in [-0.39, 0.29) is 18.2 Å². The number of imidazole rings is 1. The van der Waals surface area contributed by atoms with Crippen molar-refractivity contribution < 1.29 is 9.47 Å². The molecule has 9 heteroatoms. The second-order valence-corrected chi connectivity index (χ2v) is 6.09. The molecule has 0 unspecified atom stereocenters. The quantitative estimate of drug-likeness (QED) is 0.728. The molecule has 124 valence electrons. The summed E-state index contributed by atoms with van der Waals surface area (Å²) in [6, 6.07) is 2.04. The summed E-state index contributed by atoms with van der Waals surface area (Å²) in [4.78, 5) is 18.1. The minimum atomic E-state index is 0.0264. The molecule has 0 aromatic carbocycles. The molecule has 0 aliphatic carbocycles. The molecule has 2 aliphatic rings. The van der Waals surface area contributed by atoms with Gasteiger partial charge in [0.1, 0.15) is 24.1 Å². The van der Waals surface area contributed by atoms with Crippen LogP contribution in [0.4, 0.5) is 5.82 Å². The maximum atomic E-state index is 6.11. The fourth-order valence-electron chi connectivity index (χ4n) is 3.40. The zero-order valence-corrected chi connectivity index (χ0v) is 12.9. The van der Waals surface area contributed by atoms with Crippen molar-refractivity contribution in [2.24, 2.45) is 0 Å². The van der Waals surface area contributed by atoms with E-state index in [1.54, 1.807) is 18.9 Å². The number of nitrogens with one attached hydrogen (secondary N) is 1. The van der Waals surface area contributed by atoms with Gasteiger partial charge in [-0.15, -0.1) is 0 Å². The van der Waals surface area contributed by atoms with Gasteiger partial charge in [-0.05, 0) is 6.07 Å². The van der Waals surface area contributed by atoms with E-state index < -0.39 is 0 Å². The highest BCUT2D eigenvalue weighted by atomic mass is 16.6. The van der Waals surface area contributed by atoms with Gasteiger partial charge in [0.2, 0.25) is 0 Å². The Hall–Kier alpha value is -2.52. The van der Waals surface area contributed by atoms with Gasteiger partial charge in [-0.1, -0.05) is 0 Å². The lowest BCUT2D eigenvalue weighted by Crippen LogP contribution is -2.27. The Balaban J connectivity index is 1.34. The average molecular weight is 327 g/mol. The Bertz CT molecular complexity index is 817. The molecule has 2 fully saturated rings. The van der Waals surface area contributed by atoms with Crippen molar-refractivity contribution in [1.29, 1.82) is 0 Å². The predicted octanol–water partition coefficient (Wildman–Crippen LogP) is 0.395. The van der Waals surface area contributed by atoms with Crippen LogP contribution in [0.25, 0.3) is 11.2 Å². The van der Waals surface area contributed by atoms with Crippen LogP contribution in [0.5, 0.6) is 0 Å². The molecule has 9 nitrogen and oxygen atoms in total. The van der Waals surface area contributed by atoms with E-state index in [1.165, 1.54) is 0 Å². The molecule has 5 heterocycles. The van der Waals surface area contributed by atoms with Crippen LogP contribution in [0.2, 0.25) is 0 Å². The first-order chi connectivity index (χ1) is 11.9. The number of aromatic amines is 1. The molecule has 2 aliphatic heterocycles. The van der Waals surface area contributed by atoms with E-state index in [2.05, 4.69) is 29.9 Å². The van der Waals surface area contributed by atoms with E-state index in [9.17, 15) is 0 Å². The highest BCUT2D eigenvalue weighted by Gasteiger charge is 2.39. The van der Waals surface area contributed by atoms with Crippen molar-refractivity contribution in [2.75, 3.05) is 31.2 Å². The second-order valence-electron chi connectivity index (χ2n) is 6.09. The molecule has 0 bridgehead atoms. The molecule has 0 spiro atoms. The summed E-state index contributed by atoms with van der Waals surface area (Å²) < 4.78 is 14.1. The van der Waals surface area contributed by atoms with E-state index in [0.29, 0.717) is 18.9 Å². The summed E-state index contributed by atoms with van der Waals surface area (Å²) in [6.07, 6.45) is 6.96. The van der Waals surface area contributed by atoms with Crippen LogP contribution >= 0.6 is 0 Å². The molecule has 2 saturated heterocycles. The number of anilines is 1. The van der Waals surface area contributed by atoms with Crippen molar-refractivity contribution in [2.45, 2.75) is 18.2 Å². The SMILES string of the molecule is c1cnn(C2CO[C@H]3CN(c4ncnc5nc[nH]c45)C[C@@H]3OC2)c1. The summed E-state index contributed by atoms with van der Waals surface area (Å²) in [5.41, 5.74) is 1.52. The summed E-state index contributed by atoms with van der Waals surface area (Å²) in [6.45, 7) is 2.67. The molecule has 0 amide bonds. The van der Waals surface area contributed by atoms with Gasteiger partial charge in [-0.3, -0.25) is 4.68 Å². The topological polar surface area (TPSA) is 94.0 Å². The van der Waals surface area contributed by atoms with Crippen molar-refractivity contribution >= 4 is 17.0 Å². The number of fused-ring (bicyclic) bond motifs is 2. The summed E-state index contributed by atoms with van der Waals surface area (Å²) in [7, 11) is 0. The fraction of sp³-hybridized carbons (Fsp3) is 0.467. The zero-order chi connectivity index (χ0) is 15.9. The van der Waals surface area contributed by atoms with Crippen molar-refractivity contribution in [3.8, 4) is 0 Å². The molecular weight excluding hydrogens is 310 g/mol. The normalized spacial score (nSPS) is 25.1. The molecule has 1 N–H and O–H groups in total. The van der Waals surface area contributed by atoms with E-state index in [0.717, 1.165) is 24.4 Å². The first kappa shape index (κ1) is 13.9. The first-order valence-corrected chi connectivity index (χ1v) is 8.00. The lowest BCUT2D eigenvalue weighted by atomic mass is 10.3. The third-order valence-corrected chi connectivity index (χ3v) is 4.62. The number of hydrogen-bond donors (Lipinski definition) is 1. The van der Waals surface area contributed by atoms with Gasteiger partial charge in [-0.2, -0.15) is 5.10 Å². The Morgan fingerprint density at radius 1 is 1.08 bits per heavy atom. The van der Waals surface area contributed by atoms with E-state index in [1.807, 2.05) is 16.9 Å². The standard InChI is InChI=1S/C15H17N7O2/c1-2-20-22(3-1)10-6-23-11-4-21(5-12(11)24-7-10)15-13-14(17-8-16-13)18-9-19-15/h1-3,8-12H,4-7H2,(H,16,17,18,19)/t11-,12-/m0/s1. The van der Waals surface area contributed by atoms with Gasteiger partial charge in [0, 0.05) is 25.5 Å². The first-order valence-electron chi connectivity index (χ1n) is 8.00. The molecular formula is C15H17N7O2. The van der Waals surface area contributed by atoms with Crippen LogP contribution in [-0.2, 0) is 9.47 Å². The minimum Gasteiger partial charge on any atom is -0.371 e. The number of ether oxygens (including phenoxy) is 2. The van der Waals surface area contributed by atoms with E-state index in [4.69, 9.17) is 9.47 Å². The maximum absolute atomic E-state index is 6.11. The third-order valence-electron chi connectivity index (χ3n) is 4.62. The smallest absolute Gasteiger partial charge is 0.182 e. The van der Waals surface area contributed by atoms with Crippen LogP contribution in [0.15, 0.2) is 31.1 Å². The number of hydrogen-bond acceptors (Lipinski definition) is 7. The van der Waals surface area contributed by atoms with Gasteiger partial charge in [-0.25, -0.2) is 15.0 Å². The Morgan fingerprint density at radius 3 is 2.67 bits per heavy atom. The largest absolute Gasteiger partial charge is 0.371 e. The van der Waals surface area contributed by atoms with Gasteiger partial charge < -0.3 is 19.4 Å². The number of rotatable bonds is 2. The Labute approximate surface area is 137 Å². The number of nitrogens with zero attached hydrogens (tertiary/aromatic N) is 6. The molecule has 5 rings (SSSR count). The van der Waals surface area contributed by atoms with Gasteiger partial charge >= 0.3 is 0 Å². The number of H-pyrrole nitrogens is 1. The molecule has 0 radical (unpaired) electrons. The lowest BCUT2D eigenvalue weighted by Gasteiger charge is -2.19. The molecule has 3 aromatic rings. The summed E-state index contributed by atoms with van der Waals surface area (Å²) >= 11 is 0. The summed E-state index contributed by atoms with van der Waals surface area (Å²) in [5.74, 6) is 0.849. The van der Waals surface area contributed by atoms with Crippen molar-refractivity contribution in [3.05, 3.63) is 31.1 Å². The molecule has 3 aromatic heterocycles. The monoisotopic (exact) mass is 327 g/mol. The molecule has 0 saturated carbocycles. The molecule has 2 atom stereocenters. The van der Waals surface area contributed by atoms with Gasteiger partial charge in [0.25, 0.3) is 0 Å². The average Bonchev–Trinajstić information content (AvgIpc) is 3.33. The predicted molar refractivity (Wildman–Crippen MR) is 84.6 cm³/mol. The molecule has 24 heavy (non-hydrogen) atoms. The second kappa shape index (κ2) is 5.53. The van der Waals surface area contributed by atoms with Crippen LogP contribution in [0, 0.1) is 0 Å². The lowest BCUT2D eigenvalue weighted by molar-refractivity contribution is -0.00461. The third kappa shape index (κ3) is 2.24. The highest BCUT2D eigenvalue weighted by molar-refractivity contribution is 5.82. The van der Waals surface area contributed by atoms with Crippen LogP contribution in [0.1, 0.15) is 6.04 Å². The van der Waals surface area contributed by atoms with Crippen LogP contribution in [0.3, 0.4) is 0 Å². The Kier molecular flexibility index (Phi) is 3.20. The minimum absolute atomic E-state index is 0.0264. The number of aromatic nitrogens is 6. The fourth-order valence-corrected chi connectivity index (χ4v) is 3.40. The van der Waals surface area contributed by atoms with Crippen molar-refractivity contribution in [1.82, 2.24) is 29.7 Å². The van der Waals surface area contributed by atoms with Crippen LogP contribution in [-0.4, -0.2) is 68.2 Å². The van der Waals surface area contributed by atoms with Gasteiger partial charge in [0.05, 0.1) is 25.6 Å². The van der Waals surface area contributed by atoms with Crippen LogP contribution < -0.4 is 4.90 Å². The zero-order valence-electron chi connectivity index (χ0n) is 12.9. The Morgan fingerprint density at radius 2 is 1.92 bits per heavy atom. The van der Waals surface area contributed by atoms with Crippen molar-refractivity contribution in [3.63, 3.8) is 0 Å². The van der Waals surface area contributed by atoms with Gasteiger partial charge in [0.15, 0.2) is 11.5 Å². The maximum Gasteiger partial charge on any atom is 0.182 e. The summed E-state index contributed by atoms with van der Waals surface area (Å²) in [5, 5.41) is 4.28.